The topological polar surface area (TPSA) is 69.2 Å². The van der Waals surface area contributed by atoms with Gasteiger partial charge in [-0.05, 0) is 35.2 Å². The van der Waals surface area contributed by atoms with Crippen LogP contribution in [0.3, 0.4) is 0 Å². The quantitative estimate of drug-likeness (QED) is 0.650. The number of hydrogen-bond acceptors (Lipinski definition) is 4. The summed E-state index contributed by atoms with van der Waals surface area (Å²) in [6.07, 6.45) is 1.94. The summed E-state index contributed by atoms with van der Waals surface area (Å²) in [5.74, 6) is -1.01. The predicted molar refractivity (Wildman–Crippen MR) is 73.8 cm³/mol. The van der Waals surface area contributed by atoms with Crippen molar-refractivity contribution in [3.05, 3.63) is 33.8 Å². The van der Waals surface area contributed by atoms with Gasteiger partial charge in [0.25, 0.3) is 5.91 Å². The van der Waals surface area contributed by atoms with Gasteiger partial charge in [-0.3, -0.25) is 4.79 Å². The Kier molecular flexibility index (Phi) is 8.51. The van der Waals surface area contributed by atoms with Crippen molar-refractivity contribution >= 4 is 39.6 Å². The summed E-state index contributed by atoms with van der Waals surface area (Å²) in [5.41, 5.74) is -0.0105. The number of carboxylic acids is 1. The Bertz CT molecular complexity index is 470. The molecule has 1 N–H and O–H groups in total. The van der Waals surface area contributed by atoms with Gasteiger partial charge < -0.3 is 15.2 Å². The Morgan fingerprint density at radius 3 is 2.63 bits per heavy atom. The Labute approximate surface area is 137 Å². The second-order valence-electron chi connectivity index (χ2n) is 3.78. The molecule has 0 aliphatic carbocycles. The molecule has 0 saturated carbocycles. The molecule has 0 heterocycles. The molecule has 1 amide bonds. The van der Waals surface area contributed by atoms with Gasteiger partial charge in [-0.1, -0.05) is 12.1 Å². The summed E-state index contributed by atoms with van der Waals surface area (Å²) in [6, 6.07) is 4.50. The van der Waals surface area contributed by atoms with Crippen LogP contribution in [0.4, 0.5) is 0 Å². The Morgan fingerprint density at radius 1 is 1.47 bits per heavy atom. The monoisotopic (exact) mass is 337 g/mol. The molecule has 1 aromatic carbocycles. The number of carboxylic acid groups (broad SMARTS) is 1. The molecule has 0 radical (unpaired) electrons. The predicted octanol–water partition coefficient (Wildman–Crippen LogP) is -1.70. The van der Waals surface area contributed by atoms with E-state index in [4.69, 9.17) is 0 Å². The minimum atomic E-state index is -1.36. The van der Waals surface area contributed by atoms with Crippen LogP contribution in [-0.2, 0) is 0 Å². The van der Waals surface area contributed by atoms with E-state index in [2.05, 4.69) is 21.2 Å². The summed E-state index contributed by atoms with van der Waals surface area (Å²) < 4.78 is 0.443. The molecule has 98 valence electrons. The number of aromatic carboxylic acids is 1. The summed E-state index contributed by atoms with van der Waals surface area (Å²) in [7, 11) is 0. The first kappa shape index (κ1) is 18.6. The van der Waals surface area contributed by atoms with Gasteiger partial charge >= 0.3 is 18.9 Å². The van der Waals surface area contributed by atoms with E-state index >= 15 is 0 Å². The summed E-state index contributed by atoms with van der Waals surface area (Å²) in [4.78, 5) is 23.0. The molecule has 4 nitrogen and oxygen atoms in total. The molecule has 1 rings (SSSR count). The van der Waals surface area contributed by atoms with Crippen molar-refractivity contribution in [2.24, 2.45) is 0 Å². The van der Waals surface area contributed by atoms with E-state index < -0.39 is 11.9 Å². The van der Waals surface area contributed by atoms with Crippen LogP contribution in [0.25, 0.3) is 0 Å². The third-order valence-corrected chi connectivity index (χ3v) is 3.75. The molecule has 0 aliphatic rings. The molecular weight excluding hydrogens is 325 g/mol. The average Bonchev–Trinajstić information content (AvgIpc) is 2.28. The number of benzene rings is 1. The van der Waals surface area contributed by atoms with Gasteiger partial charge in [-0.2, -0.15) is 11.8 Å². The summed E-state index contributed by atoms with van der Waals surface area (Å²) >= 11 is 4.79. The van der Waals surface area contributed by atoms with Crippen LogP contribution >= 0.6 is 27.7 Å². The largest absolute Gasteiger partial charge is 1.00 e. The fourth-order valence-electron chi connectivity index (χ4n) is 1.51. The maximum absolute atomic E-state index is 12.0. The second kappa shape index (κ2) is 8.70. The van der Waals surface area contributed by atoms with Gasteiger partial charge in [0.1, 0.15) is 0 Å². The van der Waals surface area contributed by atoms with Gasteiger partial charge in [0.2, 0.25) is 0 Å². The number of carbonyl (C=O) groups excluding carboxylic acids is 2. The number of carbonyl (C=O) groups is 2. The Hall–Kier alpha value is -0.413. The molecule has 7 heteroatoms. The fraction of sp³-hybridized carbons (Fsp3) is 0.333. The molecule has 1 aromatic rings. The molecule has 0 unspecified atom stereocenters. The van der Waals surface area contributed by atoms with Crippen molar-refractivity contribution in [2.45, 2.75) is 13.0 Å². The Morgan fingerprint density at radius 2 is 2.11 bits per heavy atom. The number of hydrogen-bond donors (Lipinski definition) is 1. The molecule has 1 atom stereocenters. The third-order valence-electron chi connectivity index (χ3n) is 2.25. The number of halogens is 1. The van der Waals surface area contributed by atoms with Crippen LogP contribution in [-0.4, -0.2) is 29.9 Å². The molecule has 19 heavy (non-hydrogen) atoms. The minimum Gasteiger partial charge on any atom is -0.545 e. The van der Waals surface area contributed by atoms with E-state index in [1.165, 1.54) is 6.07 Å². The minimum absolute atomic E-state index is 0. The smallest absolute Gasteiger partial charge is 0.545 e. The molecular formula is C12H13BrLiNO3S. The van der Waals surface area contributed by atoms with E-state index in [-0.39, 0.29) is 36.0 Å². The first-order valence-electron chi connectivity index (χ1n) is 5.27. The molecule has 0 aliphatic heterocycles. The summed E-state index contributed by atoms with van der Waals surface area (Å²) in [6.45, 7) is 1.87. The Balaban J connectivity index is 0.00000324. The maximum Gasteiger partial charge on any atom is 1.00 e. The average molecular weight is 338 g/mol. The van der Waals surface area contributed by atoms with Crippen LogP contribution in [0.2, 0.25) is 0 Å². The van der Waals surface area contributed by atoms with Crippen LogP contribution in [0.15, 0.2) is 22.7 Å². The SMILES string of the molecule is CSC[C@H](C)NC(=O)c1c(Br)cccc1C(=O)[O-].[Li+]. The van der Waals surface area contributed by atoms with Crippen molar-refractivity contribution in [1.29, 1.82) is 0 Å². The van der Waals surface area contributed by atoms with E-state index in [1.807, 2.05) is 13.2 Å². The third kappa shape index (κ3) is 5.23. The van der Waals surface area contributed by atoms with Gasteiger partial charge in [0.05, 0.1) is 11.5 Å². The number of thioether (sulfide) groups is 1. The maximum atomic E-state index is 12.0. The zero-order valence-electron chi connectivity index (χ0n) is 11.0. The van der Waals surface area contributed by atoms with Crippen LogP contribution in [0.1, 0.15) is 27.6 Å². The van der Waals surface area contributed by atoms with Gasteiger partial charge in [0, 0.05) is 21.8 Å². The zero-order chi connectivity index (χ0) is 13.7. The normalized spacial score (nSPS) is 11.3. The molecule has 0 aromatic heterocycles. The van der Waals surface area contributed by atoms with Crippen molar-refractivity contribution < 1.29 is 33.6 Å². The summed E-state index contributed by atoms with van der Waals surface area (Å²) in [5, 5.41) is 13.7. The van der Waals surface area contributed by atoms with Crippen molar-refractivity contribution in [3.63, 3.8) is 0 Å². The van der Waals surface area contributed by atoms with Gasteiger partial charge in [-0.15, -0.1) is 0 Å². The van der Waals surface area contributed by atoms with E-state index in [1.54, 1.807) is 23.9 Å². The van der Waals surface area contributed by atoms with Crippen LogP contribution in [0.5, 0.6) is 0 Å². The number of rotatable bonds is 5. The number of nitrogens with one attached hydrogen (secondary N) is 1. The van der Waals surface area contributed by atoms with Gasteiger partial charge in [-0.25, -0.2) is 0 Å². The van der Waals surface area contributed by atoms with Crippen molar-refractivity contribution in [2.75, 3.05) is 12.0 Å². The van der Waals surface area contributed by atoms with Crippen molar-refractivity contribution in [3.8, 4) is 0 Å². The molecule has 0 spiro atoms. The zero-order valence-corrected chi connectivity index (χ0v) is 13.4. The van der Waals surface area contributed by atoms with E-state index in [0.717, 1.165) is 5.75 Å². The first-order chi connectivity index (χ1) is 8.47. The van der Waals surface area contributed by atoms with E-state index in [9.17, 15) is 14.7 Å². The standard InChI is InChI=1S/C12H14BrNO3S.Li/c1-7(6-18-2)14-11(15)10-8(12(16)17)4-3-5-9(10)13;/h3-5,7H,6H2,1-2H3,(H,14,15)(H,16,17);/q;+1/p-1/t7-;/m0./s1. The molecule has 0 bridgehead atoms. The van der Waals surface area contributed by atoms with Crippen molar-refractivity contribution in [1.82, 2.24) is 5.32 Å². The van der Waals surface area contributed by atoms with Crippen LogP contribution < -0.4 is 29.3 Å². The van der Waals surface area contributed by atoms with E-state index in [0.29, 0.717) is 4.47 Å². The van der Waals surface area contributed by atoms with Crippen LogP contribution in [0, 0.1) is 0 Å². The first-order valence-corrected chi connectivity index (χ1v) is 7.45. The fourth-order valence-corrected chi connectivity index (χ4v) is 2.64. The molecule has 0 fully saturated rings. The van der Waals surface area contributed by atoms with Gasteiger partial charge in [0.15, 0.2) is 0 Å². The molecule has 0 saturated heterocycles. The second-order valence-corrected chi connectivity index (χ2v) is 5.54. The number of amides is 1.